The molecule has 3 N–H and O–H groups in total. The second-order valence-electron chi connectivity index (χ2n) is 8.19. The molecule has 0 spiro atoms. The number of fused-ring (bicyclic) bond motifs is 1. The predicted octanol–water partition coefficient (Wildman–Crippen LogP) is 5.16. The topological polar surface area (TPSA) is 94.1 Å². The van der Waals surface area contributed by atoms with Gasteiger partial charge in [-0.1, -0.05) is 31.6 Å². The number of rotatable bonds is 10. The van der Waals surface area contributed by atoms with E-state index in [0.29, 0.717) is 11.5 Å². The van der Waals surface area contributed by atoms with E-state index in [2.05, 4.69) is 27.3 Å². The van der Waals surface area contributed by atoms with Gasteiger partial charge in [0.05, 0.1) is 34.5 Å². The number of aromatic nitrogens is 4. The molecule has 4 rings (SSSR count). The highest BCUT2D eigenvalue weighted by atomic mass is 19.3. The van der Waals surface area contributed by atoms with Gasteiger partial charge in [-0.15, -0.1) is 0 Å². The molecule has 182 valence electrons. The third-order valence-corrected chi connectivity index (χ3v) is 5.82. The van der Waals surface area contributed by atoms with Gasteiger partial charge in [0.1, 0.15) is 6.61 Å². The fourth-order valence-corrected chi connectivity index (χ4v) is 4.15. The summed E-state index contributed by atoms with van der Waals surface area (Å²) in [6, 6.07) is 15.6. The molecule has 0 fully saturated rings. The van der Waals surface area contributed by atoms with Gasteiger partial charge in [-0.05, 0) is 61.3 Å². The highest BCUT2D eigenvalue weighted by Gasteiger charge is 2.17. The molecule has 0 aliphatic heterocycles. The fourth-order valence-electron chi connectivity index (χ4n) is 4.15. The van der Waals surface area contributed by atoms with Crippen LogP contribution in [-0.4, -0.2) is 26.8 Å². The van der Waals surface area contributed by atoms with Crippen molar-refractivity contribution in [3.8, 4) is 17.1 Å². The predicted molar refractivity (Wildman–Crippen MR) is 136 cm³/mol. The highest BCUT2D eigenvalue weighted by Crippen LogP contribution is 2.33. The zero-order valence-corrected chi connectivity index (χ0v) is 20.1. The molecule has 1 aromatic carbocycles. The maximum Gasteiger partial charge on any atom is 0.154 e. The van der Waals surface area contributed by atoms with Crippen LogP contribution >= 0.6 is 0 Å². The normalized spacial score (nSPS) is 12.5. The number of halogens is 1. The number of pyridine rings is 2. The Balaban J connectivity index is 1.89. The molecule has 9 heteroatoms. The number of nitrogens with two attached hydrogens (primary N) is 1. The molecule has 0 amide bonds. The molecule has 8 nitrogen and oxygen atoms in total. The standard InChI is InChI=1S/C26H30FN7O/c1-4-8-22(29-3)23-11-7-10-21(32-23)18-14-24(33(28)13-5-2)20-16-30-34(25(20)15-18)26-12-6-9-19(31-26)17-35-27/h5-7,9-16,22,29H,4,8,17,28H2,1-3H3/b13-5-/t22-/m0/s1. The Hall–Kier alpha value is -3.66. The average molecular weight is 476 g/mol. The number of hydrogen-bond acceptors (Lipinski definition) is 7. The Morgan fingerprint density at radius 1 is 1.20 bits per heavy atom. The number of hydrazine groups is 1. The van der Waals surface area contributed by atoms with E-state index in [0.717, 1.165) is 46.4 Å². The van der Waals surface area contributed by atoms with Gasteiger partial charge >= 0.3 is 0 Å². The second kappa shape index (κ2) is 11.2. The average Bonchev–Trinajstić information content (AvgIpc) is 3.31. The quantitative estimate of drug-likeness (QED) is 0.242. The molecule has 1 atom stereocenters. The van der Waals surface area contributed by atoms with Crippen LogP contribution in [0.5, 0.6) is 0 Å². The van der Waals surface area contributed by atoms with Crippen molar-refractivity contribution in [2.75, 3.05) is 12.1 Å². The number of hydrogen-bond donors (Lipinski definition) is 2. The Morgan fingerprint density at radius 2 is 2.03 bits per heavy atom. The van der Waals surface area contributed by atoms with Gasteiger partial charge in [-0.3, -0.25) is 9.99 Å². The van der Waals surface area contributed by atoms with Gasteiger partial charge in [0.25, 0.3) is 0 Å². The van der Waals surface area contributed by atoms with Gasteiger partial charge in [0.15, 0.2) is 5.82 Å². The van der Waals surface area contributed by atoms with Gasteiger partial charge in [0, 0.05) is 23.2 Å². The number of anilines is 1. The van der Waals surface area contributed by atoms with Crippen molar-refractivity contribution in [2.24, 2.45) is 5.84 Å². The third kappa shape index (κ3) is 5.22. The Kier molecular flexibility index (Phi) is 7.81. The van der Waals surface area contributed by atoms with Crippen molar-refractivity contribution < 1.29 is 9.47 Å². The molecule has 0 saturated heterocycles. The molecule has 35 heavy (non-hydrogen) atoms. The molecule has 3 aromatic heterocycles. The number of benzene rings is 1. The summed E-state index contributed by atoms with van der Waals surface area (Å²) in [5.74, 6) is 6.92. The second-order valence-corrected chi connectivity index (χ2v) is 8.19. The van der Waals surface area contributed by atoms with E-state index in [4.69, 9.17) is 10.8 Å². The SMILES string of the molecule is C/C=C\N(N)c1cc(-c2cccc([C@H](CCC)NC)n2)cc2c1cnn2-c1cccc(COF)n1. The molecule has 0 unspecified atom stereocenters. The molecular formula is C26H30FN7O. The van der Waals surface area contributed by atoms with Crippen molar-refractivity contribution in [1.82, 2.24) is 25.1 Å². The lowest BCUT2D eigenvalue weighted by molar-refractivity contribution is -0.145. The molecule has 0 aliphatic rings. The van der Waals surface area contributed by atoms with Crippen LogP contribution in [0, 0.1) is 0 Å². The summed E-state index contributed by atoms with van der Waals surface area (Å²) in [4.78, 5) is 13.2. The fraction of sp³-hybridized carbons (Fsp3) is 0.269. The maximum atomic E-state index is 12.4. The summed E-state index contributed by atoms with van der Waals surface area (Å²) in [7, 11) is 1.95. The van der Waals surface area contributed by atoms with Crippen LogP contribution in [0.4, 0.5) is 10.2 Å². The van der Waals surface area contributed by atoms with Crippen molar-refractivity contribution in [3.63, 3.8) is 0 Å². The van der Waals surface area contributed by atoms with E-state index in [1.54, 1.807) is 34.2 Å². The Bertz CT molecular complexity index is 1320. The first kappa shape index (κ1) is 24.5. The molecule has 0 bridgehead atoms. The van der Waals surface area contributed by atoms with Crippen LogP contribution in [0.25, 0.3) is 28.0 Å². The number of allylic oxidation sites excluding steroid dienone is 1. The largest absolute Gasteiger partial charge is 0.312 e. The van der Waals surface area contributed by atoms with E-state index in [-0.39, 0.29) is 12.6 Å². The van der Waals surface area contributed by atoms with E-state index in [9.17, 15) is 4.53 Å². The smallest absolute Gasteiger partial charge is 0.154 e. The number of nitrogens with one attached hydrogen (secondary N) is 1. The molecule has 0 saturated carbocycles. The van der Waals surface area contributed by atoms with Crippen LogP contribution in [0.1, 0.15) is 44.1 Å². The molecule has 4 aromatic rings. The van der Waals surface area contributed by atoms with Crippen molar-refractivity contribution in [1.29, 1.82) is 0 Å². The minimum atomic E-state index is -0.234. The zero-order valence-electron chi connectivity index (χ0n) is 20.1. The lowest BCUT2D eigenvalue weighted by Crippen LogP contribution is -2.24. The first-order chi connectivity index (χ1) is 17.1. The molecular weight excluding hydrogens is 445 g/mol. The van der Waals surface area contributed by atoms with Crippen LogP contribution in [0.15, 0.2) is 67.0 Å². The van der Waals surface area contributed by atoms with Crippen LogP contribution in [0.3, 0.4) is 0 Å². The molecule has 0 radical (unpaired) electrons. The van der Waals surface area contributed by atoms with E-state index in [1.165, 1.54) is 0 Å². The van der Waals surface area contributed by atoms with Gasteiger partial charge in [0.2, 0.25) is 0 Å². The maximum absolute atomic E-state index is 12.4. The summed E-state index contributed by atoms with van der Waals surface area (Å²) in [5.41, 5.74) is 4.75. The van der Waals surface area contributed by atoms with Crippen molar-refractivity contribution in [2.45, 2.75) is 39.3 Å². The Morgan fingerprint density at radius 3 is 2.77 bits per heavy atom. The Labute approximate surface area is 204 Å². The van der Waals surface area contributed by atoms with Crippen molar-refractivity contribution >= 4 is 16.6 Å². The van der Waals surface area contributed by atoms with E-state index >= 15 is 0 Å². The lowest BCUT2D eigenvalue weighted by Gasteiger charge is -2.18. The lowest BCUT2D eigenvalue weighted by atomic mass is 10.0. The van der Waals surface area contributed by atoms with E-state index < -0.39 is 0 Å². The first-order valence-corrected chi connectivity index (χ1v) is 11.6. The monoisotopic (exact) mass is 475 g/mol. The molecule has 3 heterocycles. The van der Waals surface area contributed by atoms with Crippen molar-refractivity contribution in [3.05, 3.63) is 78.4 Å². The minimum Gasteiger partial charge on any atom is -0.312 e. The zero-order chi connectivity index (χ0) is 24.8. The third-order valence-electron chi connectivity index (χ3n) is 5.82. The summed E-state index contributed by atoms with van der Waals surface area (Å²) < 4.78 is 14.1. The van der Waals surface area contributed by atoms with Gasteiger partial charge in [-0.2, -0.15) is 10.0 Å². The van der Waals surface area contributed by atoms with Gasteiger partial charge in [-0.25, -0.2) is 15.5 Å². The summed E-state index contributed by atoms with van der Waals surface area (Å²) in [6.45, 7) is 3.83. The first-order valence-electron chi connectivity index (χ1n) is 11.6. The highest BCUT2D eigenvalue weighted by molar-refractivity contribution is 5.96. The summed E-state index contributed by atoms with van der Waals surface area (Å²) >= 11 is 0. The summed E-state index contributed by atoms with van der Waals surface area (Å²) in [6.07, 6.45) is 7.45. The van der Waals surface area contributed by atoms with Crippen LogP contribution in [0.2, 0.25) is 0 Å². The number of nitrogens with zero attached hydrogens (tertiary/aromatic N) is 5. The van der Waals surface area contributed by atoms with E-state index in [1.807, 2.05) is 56.4 Å². The minimum absolute atomic E-state index is 0.173. The molecule has 0 aliphatic carbocycles. The van der Waals surface area contributed by atoms with Gasteiger partial charge < -0.3 is 5.32 Å². The van der Waals surface area contributed by atoms with Crippen LogP contribution in [-0.2, 0) is 11.5 Å². The van der Waals surface area contributed by atoms with Crippen LogP contribution < -0.4 is 16.2 Å². The summed E-state index contributed by atoms with van der Waals surface area (Å²) in [5, 5.41) is 10.3.